The lowest BCUT2D eigenvalue weighted by atomic mass is 10.1. The van der Waals surface area contributed by atoms with Crippen LogP contribution in [0.2, 0.25) is 0 Å². The van der Waals surface area contributed by atoms with Crippen LogP contribution in [0, 0.1) is 5.92 Å². The van der Waals surface area contributed by atoms with Crippen LogP contribution in [0.4, 0.5) is 0 Å². The van der Waals surface area contributed by atoms with E-state index in [0.29, 0.717) is 19.1 Å². The van der Waals surface area contributed by atoms with Crippen molar-refractivity contribution in [1.29, 1.82) is 0 Å². The van der Waals surface area contributed by atoms with Crippen LogP contribution in [0.25, 0.3) is 0 Å². The molecule has 0 aromatic heterocycles. The van der Waals surface area contributed by atoms with Crippen molar-refractivity contribution in [2.45, 2.75) is 46.6 Å². The SMILES string of the molecule is CC(C)COCCOCCCNC(C)(C)C. The van der Waals surface area contributed by atoms with Gasteiger partial charge in [0.05, 0.1) is 13.2 Å². The summed E-state index contributed by atoms with van der Waals surface area (Å²) >= 11 is 0. The number of nitrogens with one attached hydrogen (secondary N) is 1. The summed E-state index contributed by atoms with van der Waals surface area (Å²) in [5.41, 5.74) is 0.209. The average Bonchev–Trinajstić information content (AvgIpc) is 2.13. The molecule has 0 fully saturated rings. The Morgan fingerprint density at radius 2 is 1.62 bits per heavy atom. The van der Waals surface area contributed by atoms with Gasteiger partial charge in [-0.25, -0.2) is 0 Å². The monoisotopic (exact) mass is 231 g/mol. The molecule has 0 aromatic carbocycles. The van der Waals surface area contributed by atoms with Crippen molar-refractivity contribution < 1.29 is 9.47 Å². The predicted octanol–water partition coefficient (Wildman–Crippen LogP) is 2.45. The van der Waals surface area contributed by atoms with Gasteiger partial charge in [-0.2, -0.15) is 0 Å². The van der Waals surface area contributed by atoms with Crippen molar-refractivity contribution in [1.82, 2.24) is 5.32 Å². The van der Waals surface area contributed by atoms with Gasteiger partial charge in [0.1, 0.15) is 0 Å². The lowest BCUT2D eigenvalue weighted by molar-refractivity contribution is 0.0368. The normalized spacial score (nSPS) is 12.4. The highest BCUT2D eigenvalue weighted by Gasteiger charge is 2.06. The van der Waals surface area contributed by atoms with E-state index < -0.39 is 0 Å². The number of hydrogen-bond acceptors (Lipinski definition) is 3. The summed E-state index contributed by atoms with van der Waals surface area (Å²) < 4.78 is 10.9. The molecule has 0 aromatic rings. The van der Waals surface area contributed by atoms with Crippen LogP contribution in [0.1, 0.15) is 41.0 Å². The smallest absolute Gasteiger partial charge is 0.0700 e. The van der Waals surface area contributed by atoms with E-state index >= 15 is 0 Å². The van der Waals surface area contributed by atoms with Crippen LogP contribution in [0.5, 0.6) is 0 Å². The number of hydrogen-bond donors (Lipinski definition) is 1. The second kappa shape index (κ2) is 8.97. The minimum absolute atomic E-state index is 0.209. The largest absolute Gasteiger partial charge is 0.379 e. The highest BCUT2D eigenvalue weighted by molar-refractivity contribution is 4.69. The summed E-state index contributed by atoms with van der Waals surface area (Å²) in [7, 11) is 0. The van der Waals surface area contributed by atoms with Crippen LogP contribution in [0.15, 0.2) is 0 Å². The van der Waals surface area contributed by atoms with Gasteiger partial charge in [0.15, 0.2) is 0 Å². The zero-order valence-electron chi connectivity index (χ0n) is 11.6. The maximum Gasteiger partial charge on any atom is 0.0700 e. The summed E-state index contributed by atoms with van der Waals surface area (Å²) in [4.78, 5) is 0. The first-order valence-corrected chi connectivity index (χ1v) is 6.32. The molecule has 0 bridgehead atoms. The van der Waals surface area contributed by atoms with Crippen molar-refractivity contribution in [3.8, 4) is 0 Å². The number of rotatable bonds is 9. The quantitative estimate of drug-likeness (QED) is 0.618. The van der Waals surface area contributed by atoms with Crippen molar-refractivity contribution in [3.63, 3.8) is 0 Å². The third-order valence-electron chi connectivity index (χ3n) is 1.94. The fourth-order valence-corrected chi connectivity index (χ4v) is 1.18. The Morgan fingerprint density at radius 1 is 1.00 bits per heavy atom. The molecule has 0 heterocycles. The minimum Gasteiger partial charge on any atom is -0.379 e. The van der Waals surface area contributed by atoms with Crippen molar-refractivity contribution in [3.05, 3.63) is 0 Å². The van der Waals surface area contributed by atoms with Gasteiger partial charge in [0.2, 0.25) is 0 Å². The van der Waals surface area contributed by atoms with Gasteiger partial charge in [0, 0.05) is 18.8 Å². The Hall–Kier alpha value is -0.120. The summed E-state index contributed by atoms with van der Waals surface area (Å²) in [6, 6.07) is 0. The van der Waals surface area contributed by atoms with Crippen LogP contribution < -0.4 is 5.32 Å². The average molecular weight is 231 g/mol. The Balaban J connectivity index is 3.05. The Kier molecular flexibility index (Phi) is 8.90. The molecule has 0 aliphatic rings. The maximum atomic E-state index is 5.47. The molecule has 0 saturated heterocycles. The van der Waals surface area contributed by atoms with Crippen LogP contribution in [-0.4, -0.2) is 38.5 Å². The highest BCUT2D eigenvalue weighted by atomic mass is 16.5. The van der Waals surface area contributed by atoms with Gasteiger partial charge in [-0.15, -0.1) is 0 Å². The fourth-order valence-electron chi connectivity index (χ4n) is 1.18. The molecule has 3 heteroatoms. The molecule has 0 spiro atoms. The summed E-state index contributed by atoms with van der Waals surface area (Å²) in [6.45, 7) is 14.9. The van der Waals surface area contributed by atoms with Gasteiger partial charge < -0.3 is 14.8 Å². The molecule has 1 N–H and O–H groups in total. The lowest BCUT2D eigenvalue weighted by Gasteiger charge is -2.20. The molecule has 3 nitrogen and oxygen atoms in total. The minimum atomic E-state index is 0.209. The van der Waals surface area contributed by atoms with E-state index in [4.69, 9.17) is 9.47 Å². The summed E-state index contributed by atoms with van der Waals surface area (Å²) in [5.74, 6) is 0.607. The molecule has 0 radical (unpaired) electrons. The van der Waals surface area contributed by atoms with E-state index in [1.54, 1.807) is 0 Å². The molecule has 0 amide bonds. The van der Waals surface area contributed by atoms with E-state index in [1.165, 1.54) is 0 Å². The Labute approximate surface area is 101 Å². The van der Waals surface area contributed by atoms with Gasteiger partial charge >= 0.3 is 0 Å². The highest BCUT2D eigenvalue weighted by Crippen LogP contribution is 1.98. The van der Waals surface area contributed by atoms with Crippen molar-refractivity contribution in [2.75, 3.05) is 33.0 Å². The van der Waals surface area contributed by atoms with Gasteiger partial charge in [-0.1, -0.05) is 13.8 Å². The molecule has 0 atom stereocenters. The topological polar surface area (TPSA) is 30.5 Å². The second-order valence-electron chi connectivity index (χ2n) is 5.61. The molecule has 0 aliphatic heterocycles. The predicted molar refractivity (Wildman–Crippen MR) is 68.8 cm³/mol. The van der Waals surface area contributed by atoms with Crippen molar-refractivity contribution in [2.24, 2.45) is 5.92 Å². The third kappa shape index (κ3) is 13.9. The summed E-state index contributed by atoms with van der Waals surface area (Å²) in [6.07, 6.45) is 1.06. The van der Waals surface area contributed by atoms with E-state index in [9.17, 15) is 0 Å². The Morgan fingerprint density at radius 3 is 2.19 bits per heavy atom. The van der Waals surface area contributed by atoms with Crippen LogP contribution in [-0.2, 0) is 9.47 Å². The van der Waals surface area contributed by atoms with Gasteiger partial charge in [-0.05, 0) is 39.7 Å². The van der Waals surface area contributed by atoms with Gasteiger partial charge in [-0.3, -0.25) is 0 Å². The molecule has 98 valence electrons. The zero-order chi connectivity index (χ0) is 12.4. The molecule has 0 unspecified atom stereocenters. The third-order valence-corrected chi connectivity index (χ3v) is 1.94. The number of ether oxygens (including phenoxy) is 2. The zero-order valence-corrected chi connectivity index (χ0v) is 11.6. The van der Waals surface area contributed by atoms with E-state index in [1.807, 2.05) is 0 Å². The molecule has 0 aliphatic carbocycles. The molecular formula is C13H29NO2. The van der Waals surface area contributed by atoms with Crippen molar-refractivity contribution >= 4 is 0 Å². The lowest BCUT2D eigenvalue weighted by Crippen LogP contribution is -2.36. The van der Waals surface area contributed by atoms with Gasteiger partial charge in [0.25, 0.3) is 0 Å². The first kappa shape index (κ1) is 15.9. The van der Waals surface area contributed by atoms with Crippen LogP contribution >= 0.6 is 0 Å². The Bertz CT molecular complexity index is 153. The van der Waals surface area contributed by atoms with E-state index in [2.05, 4.69) is 39.9 Å². The standard InChI is InChI=1S/C13H29NO2/c1-12(2)11-16-10-9-15-8-6-7-14-13(3,4)5/h12,14H,6-11H2,1-5H3. The van der Waals surface area contributed by atoms with E-state index in [-0.39, 0.29) is 5.54 Å². The first-order chi connectivity index (χ1) is 7.42. The molecular weight excluding hydrogens is 202 g/mol. The fraction of sp³-hybridized carbons (Fsp3) is 1.00. The van der Waals surface area contributed by atoms with Crippen LogP contribution in [0.3, 0.4) is 0 Å². The molecule has 16 heavy (non-hydrogen) atoms. The molecule has 0 rings (SSSR count). The first-order valence-electron chi connectivity index (χ1n) is 6.32. The maximum absolute atomic E-state index is 5.47. The molecule has 0 saturated carbocycles. The second-order valence-corrected chi connectivity index (χ2v) is 5.61. The summed E-state index contributed by atoms with van der Waals surface area (Å²) in [5, 5.41) is 3.43. The van der Waals surface area contributed by atoms with E-state index in [0.717, 1.165) is 26.2 Å².